The molecular weight excluding hydrogens is 602 g/mol. The van der Waals surface area contributed by atoms with E-state index in [4.69, 9.17) is 13.9 Å². The second-order valence-corrected chi connectivity index (χ2v) is 11.2. The average molecular weight is 633 g/mol. The molecule has 1 N–H and O–H groups in total. The van der Waals surface area contributed by atoms with Crippen molar-refractivity contribution in [3.8, 4) is 11.6 Å². The number of nitrogens with zero attached hydrogens (tertiary/aromatic N) is 3. The molecule has 2 aromatic rings. The van der Waals surface area contributed by atoms with Crippen molar-refractivity contribution in [2.45, 2.75) is 69.1 Å². The van der Waals surface area contributed by atoms with Crippen LogP contribution in [0.2, 0.25) is 0 Å². The van der Waals surface area contributed by atoms with Crippen LogP contribution in [-0.2, 0) is 21.3 Å². The molecule has 2 aromatic heterocycles. The summed E-state index contributed by atoms with van der Waals surface area (Å²) in [5.74, 6) is -1.62. The first-order valence-electron chi connectivity index (χ1n) is 12.9. The quantitative estimate of drug-likeness (QED) is 0.193. The molecule has 0 saturated heterocycles. The third kappa shape index (κ3) is 8.50. The molecule has 15 heteroatoms. The fourth-order valence-electron chi connectivity index (χ4n) is 3.71. The maximum absolute atomic E-state index is 14.8. The fourth-order valence-corrected chi connectivity index (χ4v) is 4.64. The summed E-state index contributed by atoms with van der Waals surface area (Å²) >= 11 is 0.728. The zero-order valence-electron chi connectivity index (χ0n) is 23.7. The number of carbonyl (C=O) groups is 1. The van der Waals surface area contributed by atoms with E-state index in [0.29, 0.717) is 11.6 Å². The standard InChI is InChI=1S/C28H30F6N4O4S/c1-6-8-12-17(7-2)16-40-26(28(32,33)34)13-10-9-11-14-43-22-18(27(29,30)31)15-19(35-24(39)42-25(3,4)5)20(36-22)21-37-38-23(26)41-21/h6-10,12,15H,1,11,13-14,16H2,2-5H3,(H,35,39)/b10-9+,12-8-,17-7+. The van der Waals surface area contributed by atoms with Gasteiger partial charge < -0.3 is 13.9 Å². The van der Waals surface area contributed by atoms with E-state index in [0.717, 1.165) is 11.8 Å². The van der Waals surface area contributed by atoms with Crippen molar-refractivity contribution in [3.05, 3.63) is 66.1 Å². The second-order valence-electron chi connectivity index (χ2n) is 10.2. The minimum atomic E-state index is -5.08. The van der Waals surface area contributed by atoms with E-state index >= 15 is 0 Å². The number of carbonyl (C=O) groups excluding carboxylic acids is 1. The molecular formula is C28H30F6N4O4S. The van der Waals surface area contributed by atoms with Gasteiger partial charge >= 0.3 is 18.4 Å². The van der Waals surface area contributed by atoms with Gasteiger partial charge in [-0.1, -0.05) is 43.0 Å². The Hall–Kier alpha value is -3.59. The molecule has 0 saturated carbocycles. The highest BCUT2D eigenvalue weighted by Crippen LogP contribution is 2.47. The van der Waals surface area contributed by atoms with Crippen LogP contribution in [0.4, 0.5) is 36.8 Å². The lowest BCUT2D eigenvalue weighted by Gasteiger charge is -2.32. The normalized spacial score (nSPS) is 19.3. The fraction of sp³-hybridized carbons (Fsp3) is 0.429. The highest BCUT2D eigenvalue weighted by molar-refractivity contribution is 7.99. The minimum absolute atomic E-state index is 0.0497. The molecule has 0 fully saturated rings. The summed E-state index contributed by atoms with van der Waals surface area (Å²) in [7, 11) is 0. The van der Waals surface area contributed by atoms with Crippen LogP contribution in [0.25, 0.3) is 11.6 Å². The Bertz CT molecular complexity index is 1410. The average Bonchev–Trinajstić information content (AvgIpc) is 3.37. The van der Waals surface area contributed by atoms with Gasteiger partial charge in [-0.15, -0.1) is 22.0 Å². The molecule has 3 rings (SSSR count). The molecule has 8 nitrogen and oxygen atoms in total. The van der Waals surface area contributed by atoms with Crippen molar-refractivity contribution in [2.75, 3.05) is 17.7 Å². The van der Waals surface area contributed by atoms with E-state index in [1.807, 2.05) is 0 Å². The van der Waals surface area contributed by atoms with Crippen molar-refractivity contribution < 1.29 is 45.0 Å². The topological polar surface area (TPSA) is 99.4 Å². The number of ether oxygens (including phenoxy) is 2. The smallest absolute Gasteiger partial charge is 0.426 e. The zero-order valence-corrected chi connectivity index (χ0v) is 24.5. The lowest BCUT2D eigenvalue weighted by Crippen LogP contribution is -2.45. The number of rotatable bonds is 6. The summed E-state index contributed by atoms with van der Waals surface area (Å²) in [5, 5.41) is 9.00. The third-order valence-electron chi connectivity index (χ3n) is 5.76. The summed E-state index contributed by atoms with van der Waals surface area (Å²) in [5.41, 5.74) is -5.96. The van der Waals surface area contributed by atoms with Gasteiger partial charge in [-0.3, -0.25) is 5.32 Å². The van der Waals surface area contributed by atoms with Crippen molar-refractivity contribution in [1.82, 2.24) is 15.2 Å². The monoisotopic (exact) mass is 632 g/mol. The van der Waals surface area contributed by atoms with Crippen LogP contribution in [0, 0.1) is 0 Å². The number of thioether (sulfide) groups is 1. The summed E-state index contributed by atoms with van der Waals surface area (Å²) in [6.07, 6.45) is -3.11. The van der Waals surface area contributed by atoms with Gasteiger partial charge in [0.25, 0.3) is 11.8 Å². The highest BCUT2D eigenvalue weighted by Gasteiger charge is 2.61. The molecule has 1 amide bonds. The van der Waals surface area contributed by atoms with E-state index in [-0.39, 0.29) is 12.2 Å². The van der Waals surface area contributed by atoms with E-state index in [1.165, 1.54) is 51.2 Å². The van der Waals surface area contributed by atoms with Crippen LogP contribution in [0.1, 0.15) is 52.0 Å². The van der Waals surface area contributed by atoms with E-state index in [1.54, 1.807) is 13.0 Å². The number of hydrogen-bond acceptors (Lipinski definition) is 8. The summed E-state index contributed by atoms with van der Waals surface area (Å²) in [4.78, 5) is 16.6. The number of alkyl halides is 6. The molecule has 1 aliphatic rings. The molecule has 1 atom stereocenters. The number of hydrogen-bond donors (Lipinski definition) is 1. The Balaban J connectivity index is 2.23. The lowest BCUT2D eigenvalue weighted by molar-refractivity contribution is -0.289. The highest BCUT2D eigenvalue weighted by atomic mass is 32.2. The Labute approximate surface area is 248 Å². The number of pyridine rings is 1. The molecule has 0 spiro atoms. The Morgan fingerprint density at radius 2 is 1.91 bits per heavy atom. The van der Waals surface area contributed by atoms with Crippen LogP contribution in [0.5, 0.6) is 0 Å². The molecule has 0 aliphatic carbocycles. The molecule has 4 bridgehead atoms. The lowest BCUT2D eigenvalue weighted by atomic mass is 9.97. The van der Waals surface area contributed by atoms with Crippen LogP contribution in [-0.4, -0.2) is 45.4 Å². The first-order chi connectivity index (χ1) is 20.0. The first kappa shape index (κ1) is 33.9. The zero-order chi connectivity index (χ0) is 32.1. The molecule has 1 aliphatic heterocycles. The van der Waals surface area contributed by atoms with Gasteiger partial charge in [0.1, 0.15) is 10.6 Å². The predicted octanol–water partition coefficient (Wildman–Crippen LogP) is 8.40. The van der Waals surface area contributed by atoms with Gasteiger partial charge in [0.15, 0.2) is 5.69 Å². The number of amides is 1. The second kappa shape index (κ2) is 13.4. The van der Waals surface area contributed by atoms with Gasteiger partial charge in [0, 0.05) is 12.2 Å². The first-order valence-corrected chi connectivity index (χ1v) is 13.9. The van der Waals surface area contributed by atoms with E-state index in [2.05, 4.69) is 27.1 Å². The van der Waals surface area contributed by atoms with Crippen molar-refractivity contribution in [1.29, 1.82) is 0 Å². The van der Waals surface area contributed by atoms with Gasteiger partial charge in [-0.05, 0) is 45.8 Å². The third-order valence-corrected chi connectivity index (χ3v) is 6.78. The van der Waals surface area contributed by atoms with Gasteiger partial charge in [-0.2, -0.15) is 26.3 Å². The molecule has 0 aromatic carbocycles. The predicted molar refractivity (Wildman–Crippen MR) is 148 cm³/mol. The van der Waals surface area contributed by atoms with Crippen molar-refractivity contribution in [2.24, 2.45) is 0 Å². The molecule has 234 valence electrons. The maximum atomic E-state index is 14.8. The van der Waals surface area contributed by atoms with Gasteiger partial charge in [0.2, 0.25) is 5.60 Å². The summed E-state index contributed by atoms with van der Waals surface area (Å²) in [6, 6.07) is 0.603. The maximum Gasteiger partial charge on any atom is 0.426 e. The SMILES string of the molecule is C=C/C=C\C(=C/C)COC1(C(F)(F)F)C/C=C/CCSc2nc(c(NC(=O)OC(C)(C)C)cc2C(F)(F)F)-c2nnc1o2. The Kier molecular flexibility index (Phi) is 10.5. The molecule has 3 heterocycles. The van der Waals surface area contributed by atoms with Gasteiger partial charge in [-0.25, -0.2) is 9.78 Å². The van der Waals surface area contributed by atoms with E-state index in [9.17, 15) is 31.1 Å². The van der Waals surface area contributed by atoms with Crippen molar-refractivity contribution in [3.63, 3.8) is 0 Å². The Morgan fingerprint density at radius 3 is 2.51 bits per heavy atom. The van der Waals surface area contributed by atoms with Crippen LogP contribution in [0.3, 0.4) is 0 Å². The molecule has 43 heavy (non-hydrogen) atoms. The number of nitrogens with one attached hydrogen (secondary N) is 1. The molecule has 0 radical (unpaired) electrons. The summed E-state index contributed by atoms with van der Waals surface area (Å²) < 4.78 is 103. The number of anilines is 1. The number of fused-ring (bicyclic) bond motifs is 5. The van der Waals surface area contributed by atoms with E-state index < -0.39 is 76.4 Å². The number of aromatic nitrogens is 3. The van der Waals surface area contributed by atoms with Crippen LogP contribution < -0.4 is 5.32 Å². The van der Waals surface area contributed by atoms with Crippen LogP contribution in [0.15, 0.2) is 64.1 Å². The Morgan fingerprint density at radius 1 is 1.19 bits per heavy atom. The van der Waals surface area contributed by atoms with Gasteiger partial charge in [0.05, 0.1) is 17.9 Å². The largest absolute Gasteiger partial charge is 0.444 e. The summed E-state index contributed by atoms with van der Waals surface area (Å²) in [6.45, 7) is 9.26. The number of allylic oxidation sites excluding steroid dienone is 4. The molecule has 1 unspecified atom stereocenters. The minimum Gasteiger partial charge on any atom is -0.444 e. The van der Waals surface area contributed by atoms with Crippen molar-refractivity contribution >= 4 is 23.5 Å². The number of halogens is 6. The van der Waals surface area contributed by atoms with Crippen LogP contribution >= 0.6 is 11.8 Å².